The number of nitrogens with one attached hydrogen (secondary N) is 4. The van der Waals surface area contributed by atoms with E-state index in [4.69, 9.17) is 16.3 Å². The highest BCUT2D eigenvalue weighted by molar-refractivity contribution is 6.31. The lowest BCUT2D eigenvalue weighted by molar-refractivity contribution is -0.128. The van der Waals surface area contributed by atoms with Gasteiger partial charge in [0.15, 0.2) is 0 Å². The number of nitrogens with zero attached hydrogens (tertiary/aromatic N) is 1. The van der Waals surface area contributed by atoms with Gasteiger partial charge < -0.3 is 26.0 Å². The second-order valence-corrected chi connectivity index (χ2v) is 9.90. The predicted octanol–water partition coefficient (Wildman–Crippen LogP) is 3.10. The van der Waals surface area contributed by atoms with Gasteiger partial charge in [0.2, 0.25) is 11.8 Å². The number of benzene rings is 1. The van der Waals surface area contributed by atoms with E-state index < -0.39 is 29.7 Å². The van der Waals surface area contributed by atoms with Crippen molar-refractivity contribution in [1.29, 1.82) is 0 Å². The second-order valence-electron chi connectivity index (χ2n) is 9.49. The minimum atomic E-state index is -0.918. The van der Waals surface area contributed by atoms with E-state index in [9.17, 15) is 14.4 Å². The summed E-state index contributed by atoms with van der Waals surface area (Å²) in [6.07, 6.45) is 1.63. The Kier molecular flexibility index (Phi) is 8.69. The van der Waals surface area contributed by atoms with Crippen molar-refractivity contribution >= 4 is 35.3 Å². The molecule has 4 N–H and O–H groups in total. The summed E-state index contributed by atoms with van der Waals surface area (Å²) in [5, 5.41) is 11.8. The maximum absolute atomic E-state index is 13.1. The number of amides is 3. The molecule has 188 valence electrons. The Balaban J connectivity index is 1.66. The number of alkyl carbamates (subject to hydrolysis) is 1. The van der Waals surface area contributed by atoms with Gasteiger partial charge >= 0.3 is 6.09 Å². The predicted molar refractivity (Wildman–Crippen MR) is 134 cm³/mol. The van der Waals surface area contributed by atoms with Crippen LogP contribution in [0.2, 0.25) is 5.02 Å². The number of fused-ring (bicyclic) bond motifs is 1. The first-order chi connectivity index (χ1) is 16.5. The van der Waals surface area contributed by atoms with Crippen molar-refractivity contribution in [3.63, 3.8) is 0 Å². The zero-order chi connectivity index (χ0) is 25.6. The van der Waals surface area contributed by atoms with E-state index >= 15 is 0 Å². The van der Waals surface area contributed by atoms with Gasteiger partial charge in [0.25, 0.3) is 0 Å². The molecule has 1 aromatic heterocycles. The van der Waals surface area contributed by atoms with Crippen LogP contribution in [0.25, 0.3) is 0 Å². The number of ether oxygens (including phenoxy) is 1. The van der Waals surface area contributed by atoms with Gasteiger partial charge in [-0.15, -0.1) is 0 Å². The molecule has 1 aliphatic rings. The lowest BCUT2D eigenvalue weighted by Crippen LogP contribution is -2.54. The number of anilines is 1. The number of hydrogen-bond donors (Lipinski definition) is 4. The number of aromatic nitrogens is 1. The summed E-state index contributed by atoms with van der Waals surface area (Å²) < 4.78 is 5.24. The second kappa shape index (κ2) is 11.5. The minimum absolute atomic E-state index is 0.121. The third-order valence-corrected chi connectivity index (χ3v) is 5.83. The number of pyridine rings is 1. The van der Waals surface area contributed by atoms with Crippen molar-refractivity contribution in [2.45, 2.75) is 64.8 Å². The monoisotopic (exact) mass is 501 g/mol. The molecule has 0 fully saturated rings. The maximum atomic E-state index is 13.1. The number of rotatable bonds is 7. The Labute approximate surface area is 210 Å². The summed E-state index contributed by atoms with van der Waals surface area (Å²) >= 11 is 6.14. The highest BCUT2D eigenvalue weighted by atomic mass is 35.5. The summed E-state index contributed by atoms with van der Waals surface area (Å²) in [5.41, 5.74) is 2.38. The lowest BCUT2D eigenvalue weighted by atomic mass is 9.95. The van der Waals surface area contributed by atoms with Crippen LogP contribution in [0.1, 0.15) is 43.9 Å². The molecule has 0 aliphatic carbocycles. The molecule has 0 spiro atoms. The smallest absolute Gasteiger partial charge is 0.407 e. The SMILES string of the molecule is Cc1cnc(NC(=O)[C@H](CCNC(=O)OC(C)(C)C)NC(=O)[C@@H]2Cc3ccccc3CN2)cc1Cl. The van der Waals surface area contributed by atoms with Crippen LogP contribution in [0.4, 0.5) is 10.6 Å². The van der Waals surface area contributed by atoms with Gasteiger partial charge in [0.05, 0.1) is 6.04 Å². The molecule has 0 radical (unpaired) electrons. The fourth-order valence-electron chi connectivity index (χ4n) is 3.59. The van der Waals surface area contributed by atoms with Crippen molar-refractivity contribution in [2.75, 3.05) is 11.9 Å². The normalized spacial score (nSPS) is 16.0. The number of aryl methyl sites for hydroxylation is 1. The molecule has 0 bridgehead atoms. The zero-order valence-corrected chi connectivity index (χ0v) is 21.2. The molecule has 9 nitrogen and oxygen atoms in total. The van der Waals surface area contributed by atoms with Gasteiger partial charge in [0.1, 0.15) is 17.5 Å². The third kappa shape index (κ3) is 7.93. The summed E-state index contributed by atoms with van der Waals surface area (Å²) in [6.45, 7) is 7.78. The van der Waals surface area contributed by atoms with E-state index in [2.05, 4.69) is 26.3 Å². The molecule has 3 amide bonds. The standard InChI is InChI=1S/C25H32ClN5O4/c1-15-13-29-21(12-18(15)26)31-22(32)19(9-10-27-24(34)35-25(2,3)4)30-23(33)20-11-16-7-5-6-8-17(16)14-28-20/h5-8,12-13,19-20,28H,9-11,14H2,1-4H3,(H,27,34)(H,30,33)(H,29,31,32)/t19-,20-/m0/s1. The Morgan fingerprint density at radius 1 is 1.23 bits per heavy atom. The van der Waals surface area contributed by atoms with Crippen LogP contribution in [0.5, 0.6) is 0 Å². The molecule has 1 aromatic carbocycles. The summed E-state index contributed by atoms with van der Waals surface area (Å²) in [6, 6.07) is 8.07. The maximum Gasteiger partial charge on any atom is 0.407 e. The van der Waals surface area contributed by atoms with Gasteiger partial charge in [-0.3, -0.25) is 9.59 Å². The third-order valence-electron chi connectivity index (χ3n) is 5.42. The largest absolute Gasteiger partial charge is 0.444 e. The van der Waals surface area contributed by atoms with Crippen LogP contribution in [-0.4, -0.2) is 47.1 Å². The van der Waals surface area contributed by atoms with Crippen LogP contribution >= 0.6 is 11.6 Å². The molecule has 2 heterocycles. The van der Waals surface area contributed by atoms with Crippen molar-refractivity contribution in [3.05, 3.63) is 58.2 Å². The Morgan fingerprint density at radius 3 is 2.63 bits per heavy atom. The van der Waals surface area contributed by atoms with Crippen LogP contribution in [0.3, 0.4) is 0 Å². The molecular formula is C25H32ClN5O4. The molecule has 3 rings (SSSR count). The average Bonchev–Trinajstić information content (AvgIpc) is 2.79. The van der Waals surface area contributed by atoms with Gasteiger partial charge in [-0.05, 0) is 63.3 Å². The molecule has 10 heteroatoms. The Bertz CT molecular complexity index is 1090. The van der Waals surface area contributed by atoms with E-state index in [1.165, 1.54) is 0 Å². The molecule has 35 heavy (non-hydrogen) atoms. The molecule has 1 aliphatic heterocycles. The summed E-state index contributed by atoms with van der Waals surface area (Å²) in [4.78, 5) is 42.3. The van der Waals surface area contributed by atoms with E-state index in [1.807, 2.05) is 31.2 Å². The first-order valence-corrected chi connectivity index (χ1v) is 11.9. The molecule has 2 atom stereocenters. The van der Waals surface area contributed by atoms with Crippen LogP contribution in [-0.2, 0) is 27.3 Å². The summed E-state index contributed by atoms with van der Waals surface area (Å²) in [5.74, 6) is -0.491. The number of hydrogen-bond acceptors (Lipinski definition) is 6. The molecule has 0 saturated carbocycles. The van der Waals surface area contributed by atoms with E-state index in [0.29, 0.717) is 18.0 Å². The highest BCUT2D eigenvalue weighted by Crippen LogP contribution is 2.18. The van der Waals surface area contributed by atoms with Crippen LogP contribution in [0, 0.1) is 6.92 Å². The van der Waals surface area contributed by atoms with E-state index in [0.717, 1.165) is 16.7 Å². The zero-order valence-electron chi connectivity index (χ0n) is 20.4. The van der Waals surface area contributed by atoms with E-state index in [-0.39, 0.29) is 24.7 Å². The van der Waals surface area contributed by atoms with Crippen LogP contribution in [0.15, 0.2) is 36.5 Å². The molecule has 0 unspecified atom stereocenters. The Hall–Kier alpha value is -3.17. The highest BCUT2D eigenvalue weighted by Gasteiger charge is 2.28. The molecular weight excluding hydrogens is 470 g/mol. The Morgan fingerprint density at radius 2 is 1.94 bits per heavy atom. The van der Waals surface area contributed by atoms with Crippen LogP contribution < -0.4 is 21.3 Å². The first-order valence-electron chi connectivity index (χ1n) is 11.5. The first kappa shape index (κ1) is 26.4. The van der Waals surface area contributed by atoms with Gasteiger partial charge in [-0.25, -0.2) is 9.78 Å². The summed E-state index contributed by atoms with van der Waals surface area (Å²) in [7, 11) is 0. The quantitative estimate of drug-likeness (QED) is 0.462. The van der Waals surface area contributed by atoms with Crippen molar-refractivity contribution in [1.82, 2.24) is 20.9 Å². The van der Waals surface area contributed by atoms with E-state index in [1.54, 1.807) is 33.0 Å². The average molecular weight is 502 g/mol. The molecule has 2 aromatic rings. The number of carbonyl (C=O) groups excluding carboxylic acids is 3. The van der Waals surface area contributed by atoms with Gasteiger partial charge in [0, 0.05) is 24.3 Å². The molecule has 0 saturated heterocycles. The topological polar surface area (TPSA) is 121 Å². The number of halogens is 1. The minimum Gasteiger partial charge on any atom is -0.444 e. The van der Waals surface area contributed by atoms with Crippen molar-refractivity contribution < 1.29 is 19.1 Å². The lowest BCUT2D eigenvalue weighted by Gasteiger charge is -2.27. The fourth-order valence-corrected chi connectivity index (χ4v) is 3.75. The van der Waals surface area contributed by atoms with Gasteiger partial charge in [-0.1, -0.05) is 35.9 Å². The van der Waals surface area contributed by atoms with Crippen molar-refractivity contribution in [3.8, 4) is 0 Å². The van der Waals surface area contributed by atoms with Crippen molar-refractivity contribution in [2.24, 2.45) is 0 Å². The van der Waals surface area contributed by atoms with Gasteiger partial charge in [-0.2, -0.15) is 0 Å². The number of carbonyl (C=O) groups is 3. The fraction of sp³-hybridized carbons (Fsp3) is 0.440.